The molecule has 0 saturated heterocycles. The Hall–Kier alpha value is -2.96. The zero-order valence-electron chi connectivity index (χ0n) is 10.1. The molecule has 0 atom stereocenters. The summed E-state index contributed by atoms with van der Waals surface area (Å²) in [5.74, 6) is -1.79. The number of carboxylic acids is 1. The summed E-state index contributed by atoms with van der Waals surface area (Å²) in [5.41, 5.74) is 0.250. The smallest absolute Gasteiger partial charge is 0.335 e. The lowest BCUT2D eigenvalue weighted by Crippen LogP contribution is -2.28. The summed E-state index contributed by atoms with van der Waals surface area (Å²) in [5, 5.41) is 12.4. The predicted octanol–water partition coefficient (Wildman–Crippen LogP) is 1.17. The van der Waals surface area contributed by atoms with Crippen molar-refractivity contribution < 1.29 is 24.0 Å². The Balaban J connectivity index is 1.97. The zero-order chi connectivity index (χ0) is 14.3. The molecule has 1 aromatic heterocycles. The van der Waals surface area contributed by atoms with Crippen LogP contribution >= 0.6 is 0 Å². The molecule has 3 rings (SSSR count). The van der Waals surface area contributed by atoms with Crippen molar-refractivity contribution in [3.05, 3.63) is 52.9 Å². The molecular formula is C13H8N2O5. The molecule has 0 fully saturated rings. The van der Waals surface area contributed by atoms with Crippen molar-refractivity contribution in [3.63, 3.8) is 0 Å². The summed E-state index contributed by atoms with van der Waals surface area (Å²) >= 11 is 0. The first-order valence-corrected chi connectivity index (χ1v) is 5.71. The second-order valence-corrected chi connectivity index (χ2v) is 4.24. The Morgan fingerprint density at radius 2 is 1.95 bits per heavy atom. The second-order valence-electron chi connectivity index (χ2n) is 4.24. The van der Waals surface area contributed by atoms with Crippen molar-refractivity contribution in [2.45, 2.75) is 6.54 Å². The average Bonchev–Trinajstić information content (AvgIpc) is 3.02. The van der Waals surface area contributed by atoms with Crippen LogP contribution in [0.5, 0.6) is 0 Å². The molecular weight excluding hydrogens is 264 g/mol. The van der Waals surface area contributed by atoms with Gasteiger partial charge in [-0.3, -0.25) is 14.5 Å². The summed E-state index contributed by atoms with van der Waals surface area (Å²) < 4.78 is 4.86. The molecule has 100 valence electrons. The number of carbonyl (C=O) groups is 3. The molecule has 0 saturated carbocycles. The predicted molar refractivity (Wildman–Crippen MR) is 64.1 cm³/mol. The van der Waals surface area contributed by atoms with Gasteiger partial charge >= 0.3 is 5.97 Å². The standard InChI is InChI=1S/C13H8N2O5/c16-11-9-2-1-7(13(18)19)5-10(9)12(17)15(11)6-8-3-4-14-20-8/h1-5H,6H2,(H,18,19). The molecule has 0 aliphatic carbocycles. The summed E-state index contributed by atoms with van der Waals surface area (Å²) in [4.78, 5) is 36.2. The number of amides is 2. The van der Waals surface area contributed by atoms with Crippen LogP contribution in [-0.4, -0.2) is 32.9 Å². The van der Waals surface area contributed by atoms with E-state index in [2.05, 4.69) is 5.16 Å². The topological polar surface area (TPSA) is 101 Å². The molecule has 1 N–H and O–H groups in total. The quantitative estimate of drug-likeness (QED) is 0.841. The highest BCUT2D eigenvalue weighted by atomic mass is 16.5. The molecule has 1 aliphatic rings. The monoisotopic (exact) mass is 272 g/mol. The molecule has 0 spiro atoms. The number of carboxylic acid groups (broad SMARTS) is 1. The Bertz CT molecular complexity index is 720. The molecule has 7 nitrogen and oxygen atoms in total. The third kappa shape index (κ3) is 1.76. The fraction of sp³-hybridized carbons (Fsp3) is 0.0769. The normalized spacial score (nSPS) is 13.7. The van der Waals surface area contributed by atoms with Gasteiger partial charge < -0.3 is 9.63 Å². The summed E-state index contributed by atoms with van der Waals surface area (Å²) in [6.07, 6.45) is 1.41. The van der Waals surface area contributed by atoms with E-state index in [9.17, 15) is 14.4 Å². The first-order valence-electron chi connectivity index (χ1n) is 5.71. The highest BCUT2D eigenvalue weighted by Crippen LogP contribution is 2.25. The molecule has 2 aromatic rings. The summed E-state index contributed by atoms with van der Waals surface area (Å²) in [7, 11) is 0. The van der Waals surface area contributed by atoms with Gasteiger partial charge in [0.25, 0.3) is 11.8 Å². The fourth-order valence-corrected chi connectivity index (χ4v) is 2.05. The third-order valence-electron chi connectivity index (χ3n) is 3.02. The molecule has 0 unspecified atom stereocenters. The molecule has 1 aliphatic heterocycles. The number of imide groups is 1. The van der Waals surface area contributed by atoms with E-state index >= 15 is 0 Å². The minimum Gasteiger partial charge on any atom is -0.478 e. The number of rotatable bonds is 3. The van der Waals surface area contributed by atoms with Crippen LogP contribution in [0.4, 0.5) is 0 Å². The molecule has 2 heterocycles. The van der Waals surface area contributed by atoms with Crippen LogP contribution in [0.15, 0.2) is 35.0 Å². The minimum atomic E-state index is -1.15. The molecule has 0 radical (unpaired) electrons. The fourth-order valence-electron chi connectivity index (χ4n) is 2.05. The van der Waals surface area contributed by atoms with Gasteiger partial charge in [0.05, 0.1) is 29.4 Å². The molecule has 7 heteroatoms. The Morgan fingerprint density at radius 3 is 2.60 bits per heavy atom. The van der Waals surface area contributed by atoms with Gasteiger partial charge in [0.15, 0.2) is 5.76 Å². The zero-order valence-corrected chi connectivity index (χ0v) is 10.1. The van der Waals surface area contributed by atoms with Crippen LogP contribution in [-0.2, 0) is 6.54 Å². The highest BCUT2D eigenvalue weighted by molar-refractivity contribution is 6.21. The summed E-state index contributed by atoms with van der Waals surface area (Å²) in [6, 6.07) is 5.40. The molecule has 20 heavy (non-hydrogen) atoms. The van der Waals surface area contributed by atoms with E-state index in [4.69, 9.17) is 9.63 Å². The minimum absolute atomic E-state index is 0.0330. The maximum Gasteiger partial charge on any atom is 0.335 e. The molecule has 2 amide bonds. The lowest BCUT2D eigenvalue weighted by molar-refractivity contribution is 0.0627. The van der Waals surface area contributed by atoms with Crippen LogP contribution in [0.1, 0.15) is 36.8 Å². The lowest BCUT2D eigenvalue weighted by Gasteiger charge is -2.10. The number of hydrogen-bond donors (Lipinski definition) is 1. The van der Waals surface area contributed by atoms with E-state index in [1.165, 1.54) is 24.4 Å². The van der Waals surface area contributed by atoms with Gasteiger partial charge in [0.2, 0.25) is 0 Å². The van der Waals surface area contributed by atoms with Gasteiger partial charge in [-0.15, -0.1) is 0 Å². The van der Waals surface area contributed by atoms with Gasteiger partial charge in [0.1, 0.15) is 0 Å². The Morgan fingerprint density at radius 1 is 1.20 bits per heavy atom. The van der Waals surface area contributed by atoms with E-state index in [-0.39, 0.29) is 23.2 Å². The molecule has 1 aromatic carbocycles. The van der Waals surface area contributed by atoms with Gasteiger partial charge in [-0.2, -0.15) is 0 Å². The van der Waals surface area contributed by atoms with E-state index in [1.807, 2.05) is 0 Å². The van der Waals surface area contributed by atoms with Crippen LogP contribution in [0.25, 0.3) is 0 Å². The second kappa shape index (κ2) is 4.30. The SMILES string of the molecule is O=C(O)c1ccc2c(c1)C(=O)N(Cc1ccno1)C2=O. The van der Waals surface area contributed by atoms with E-state index < -0.39 is 17.8 Å². The number of benzene rings is 1. The number of aromatic carboxylic acids is 1. The van der Waals surface area contributed by atoms with Crippen LogP contribution in [0.2, 0.25) is 0 Å². The number of fused-ring (bicyclic) bond motifs is 1. The summed E-state index contributed by atoms with van der Waals surface area (Å²) in [6.45, 7) is -0.0330. The van der Waals surface area contributed by atoms with Crippen molar-refractivity contribution in [2.75, 3.05) is 0 Å². The van der Waals surface area contributed by atoms with Crippen molar-refractivity contribution >= 4 is 17.8 Å². The van der Waals surface area contributed by atoms with Crippen molar-refractivity contribution in [1.82, 2.24) is 10.1 Å². The van der Waals surface area contributed by atoms with Crippen LogP contribution < -0.4 is 0 Å². The maximum atomic E-state index is 12.2. The Kier molecular flexibility index (Phi) is 2.60. The van der Waals surface area contributed by atoms with Crippen molar-refractivity contribution in [2.24, 2.45) is 0 Å². The lowest BCUT2D eigenvalue weighted by atomic mass is 10.1. The van der Waals surface area contributed by atoms with Gasteiger partial charge in [-0.1, -0.05) is 5.16 Å². The van der Waals surface area contributed by atoms with E-state index in [0.717, 1.165) is 4.90 Å². The molecule has 0 bridgehead atoms. The number of nitrogens with zero attached hydrogens (tertiary/aromatic N) is 2. The van der Waals surface area contributed by atoms with Crippen LogP contribution in [0.3, 0.4) is 0 Å². The van der Waals surface area contributed by atoms with E-state index in [1.54, 1.807) is 6.07 Å². The van der Waals surface area contributed by atoms with Gasteiger partial charge in [-0.25, -0.2) is 4.79 Å². The first kappa shape index (κ1) is 12.1. The van der Waals surface area contributed by atoms with Crippen molar-refractivity contribution in [3.8, 4) is 0 Å². The maximum absolute atomic E-state index is 12.2. The first-order chi connectivity index (χ1) is 9.58. The van der Waals surface area contributed by atoms with Gasteiger partial charge in [-0.05, 0) is 18.2 Å². The average molecular weight is 272 g/mol. The Labute approximate surface area is 112 Å². The number of hydrogen-bond acceptors (Lipinski definition) is 5. The number of carbonyl (C=O) groups excluding carboxylic acids is 2. The third-order valence-corrected chi connectivity index (χ3v) is 3.02. The van der Waals surface area contributed by atoms with Gasteiger partial charge in [0, 0.05) is 6.07 Å². The van der Waals surface area contributed by atoms with E-state index in [0.29, 0.717) is 5.76 Å². The highest BCUT2D eigenvalue weighted by Gasteiger charge is 2.36. The van der Waals surface area contributed by atoms with Crippen LogP contribution in [0, 0.1) is 0 Å². The number of aromatic nitrogens is 1. The largest absolute Gasteiger partial charge is 0.478 e. The van der Waals surface area contributed by atoms with Crippen molar-refractivity contribution in [1.29, 1.82) is 0 Å².